The lowest BCUT2D eigenvalue weighted by Crippen LogP contribution is -2.54. The fourth-order valence-corrected chi connectivity index (χ4v) is 3.14. The molecule has 0 aromatic rings. The standard InChI is InChI=1S/C12H17NO4/c1-13-5-4-8-2-3-10-12(17-8)6-9(16-10)11(14)15-7-12/h8-11,14H,2-7H2/t8-,9-,10+,11-,12-/m1/s1. The highest BCUT2D eigenvalue weighted by Crippen LogP contribution is 2.46. The first-order valence-electron chi connectivity index (χ1n) is 6.20. The minimum atomic E-state index is -0.809. The average Bonchev–Trinajstić information content (AvgIpc) is 2.66. The molecule has 0 amide bonds. The highest BCUT2D eigenvalue weighted by molar-refractivity contribution is 5.04. The highest BCUT2D eigenvalue weighted by atomic mass is 16.7. The van der Waals surface area contributed by atoms with Gasteiger partial charge in [0.15, 0.2) is 6.29 Å². The summed E-state index contributed by atoms with van der Waals surface area (Å²) in [5, 5.41) is 9.60. The molecule has 3 heterocycles. The van der Waals surface area contributed by atoms with Crippen molar-refractivity contribution < 1.29 is 19.3 Å². The van der Waals surface area contributed by atoms with Crippen molar-refractivity contribution in [3.63, 3.8) is 0 Å². The molecule has 5 nitrogen and oxygen atoms in total. The van der Waals surface area contributed by atoms with Crippen LogP contribution < -0.4 is 0 Å². The van der Waals surface area contributed by atoms with Gasteiger partial charge in [0.25, 0.3) is 0 Å². The first-order valence-corrected chi connectivity index (χ1v) is 6.20. The molecular weight excluding hydrogens is 222 g/mol. The molecule has 0 unspecified atom stereocenters. The first-order chi connectivity index (χ1) is 8.23. The van der Waals surface area contributed by atoms with Crippen molar-refractivity contribution in [2.75, 3.05) is 13.2 Å². The third kappa shape index (κ3) is 1.85. The van der Waals surface area contributed by atoms with E-state index < -0.39 is 6.29 Å². The zero-order chi connectivity index (χ0) is 11.9. The lowest BCUT2D eigenvalue weighted by Gasteiger charge is -2.42. The number of ether oxygens (including phenoxy) is 3. The molecule has 0 saturated carbocycles. The van der Waals surface area contributed by atoms with Crippen molar-refractivity contribution in [1.29, 1.82) is 0 Å². The first kappa shape index (κ1) is 11.4. The summed E-state index contributed by atoms with van der Waals surface area (Å²) >= 11 is 0. The summed E-state index contributed by atoms with van der Waals surface area (Å²) in [5.74, 6) is 0. The zero-order valence-corrected chi connectivity index (χ0v) is 9.67. The van der Waals surface area contributed by atoms with Gasteiger partial charge < -0.3 is 24.2 Å². The van der Waals surface area contributed by atoms with Crippen LogP contribution >= 0.6 is 0 Å². The Hall–Kier alpha value is -0.670. The molecule has 0 radical (unpaired) electrons. The number of aliphatic hydroxyl groups is 1. The van der Waals surface area contributed by atoms with Crippen molar-refractivity contribution in [2.45, 2.75) is 55.9 Å². The molecule has 3 saturated heterocycles. The highest BCUT2D eigenvalue weighted by Gasteiger charge is 2.58. The van der Waals surface area contributed by atoms with Gasteiger partial charge in [-0.3, -0.25) is 0 Å². The van der Waals surface area contributed by atoms with Crippen LogP contribution in [0.2, 0.25) is 0 Å². The van der Waals surface area contributed by atoms with E-state index in [1.165, 1.54) is 0 Å². The Kier molecular flexibility index (Phi) is 2.83. The molecule has 2 bridgehead atoms. The van der Waals surface area contributed by atoms with Gasteiger partial charge in [0, 0.05) is 12.8 Å². The monoisotopic (exact) mass is 239 g/mol. The Morgan fingerprint density at radius 3 is 3.12 bits per heavy atom. The van der Waals surface area contributed by atoms with Crippen LogP contribution in [0, 0.1) is 6.57 Å². The zero-order valence-electron chi connectivity index (χ0n) is 9.67. The van der Waals surface area contributed by atoms with Crippen LogP contribution in [0.15, 0.2) is 0 Å². The predicted molar refractivity (Wildman–Crippen MR) is 58.2 cm³/mol. The summed E-state index contributed by atoms with van der Waals surface area (Å²) < 4.78 is 17.2. The number of hydrogen-bond donors (Lipinski definition) is 1. The van der Waals surface area contributed by atoms with Crippen molar-refractivity contribution in [3.8, 4) is 0 Å². The minimum Gasteiger partial charge on any atom is -0.366 e. The second-order valence-corrected chi connectivity index (χ2v) is 5.12. The Bertz CT molecular complexity index is 342. The normalized spacial score (nSPS) is 48.5. The van der Waals surface area contributed by atoms with E-state index >= 15 is 0 Å². The SMILES string of the molecule is [C-]#[N+]CC[C@H]1CC[C@@H]2O[C@@H]3C[C@]2(CO[C@H]3O)O1. The van der Waals surface area contributed by atoms with Gasteiger partial charge in [-0.2, -0.15) is 0 Å². The molecule has 0 aliphatic carbocycles. The summed E-state index contributed by atoms with van der Waals surface area (Å²) in [6.07, 6.45) is 2.51. The van der Waals surface area contributed by atoms with E-state index in [0.717, 1.165) is 19.3 Å². The van der Waals surface area contributed by atoms with Gasteiger partial charge in [0.1, 0.15) is 11.7 Å². The maximum absolute atomic E-state index is 9.60. The van der Waals surface area contributed by atoms with E-state index in [4.69, 9.17) is 20.8 Å². The van der Waals surface area contributed by atoms with Crippen LogP contribution in [0.5, 0.6) is 0 Å². The third-order valence-corrected chi connectivity index (χ3v) is 4.00. The molecule has 3 fully saturated rings. The molecule has 17 heavy (non-hydrogen) atoms. The summed E-state index contributed by atoms with van der Waals surface area (Å²) in [7, 11) is 0. The fourth-order valence-electron chi connectivity index (χ4n) is 3.14. The molecule has 1 spiro atoms. The Morgan fingerprint density at radius 1 is 1.41 bits per heavy atom. The number of hydrogen-bond acceptors (Lipinski definition) is 4. The van der Waals surface area contributed by atoms with Crippen LogP contribution in [0.25, 0.3) is 4.85 Å². The molecule has 94 valence electrons. The van der Waals surface area contributed by atoms with Gasteiger partial charge in [-0.05, 0) is 12.8 Å². The number of rotatable bonds is 2. The fraction of sp³-hybridized carbons (Fsp3) is 0.917. The van der Waals surface area contributed by atoms with Crippen molar-refractivity contribution in [3.05, 3.63) is 11.4 Å². The Labute approximate surface area is 100 Å². The summed E-state index contributed by atoms with van der Waals surface area (Å²) in [6.45, 7) is 7.74. The number of aliphatic hydroxyl groups excluding tert-OH is 1. The Morgan fingerprint density at radius 2 is 2.29 bits per heavy atom. The van der Waals surface area contributed by atoms with E-state index in [-0.39, 0.29) is 23.9 Å². The molecule has 1 N–H and O–H groups in total. The lowest BCUT2D eigenvalue weighted by molar-refractivity contribution is -0.222. The van der Waals surface area contributed by atoms with E-state index in [1.54, 1.807) is 0 Å². The molecular formula is C12H17NO4. The van der Waals surface area contributed by atoms with Gasteiger partial charge in [-0.1, -0.05) is 0 Å². The molecule has 5 atom stereocenters. The molecule has 5 heteroatoms. The summed E-state index contributed by atoms with van der Waals surface area (Å²) in [4.78, 5) is 3.37. The van der Waals surface area contributed by atoms with E-state index in [1.807, 2.05) is 0 Å². The predicted octanol–water partition coefficient (Wildman–Crippen LogP) is 0.720. The average molecular weight is 239 g/mol. The molecule has 3 rings (SSSR count). The number of fused-ring (bicyclic) bond motifs is 1. The lowest BCUT2D eigenvalue weighted by atomic mass is 9.85. The van der Waals surface area contributed by atoms with Crippen molar-refractivity contribution >= 4 is 0 Å². The number of nitrogens with zero attached hydrogens (tertiary/aromatic N) is 1. The molecule has 0 aromatic heterocycles. The summed E-state index contributed by atoms with van der Waals surface area (Å²) in [5.41, 5.74) is -0.366. The van der Waals surface area contributed by atoms with Crippen LogP contribution in [-0.2, 0) is 14.2 Å². The second kappa shape index (κ2) is 4.21. The largest absolute Gasteiger partial charge is 0.366 e. The van der Waals surface area contributed by atoms with Gasteiger partial charge in [0.2, 0.25) is 6.54 Å². The third-order valence-electron chi connectivity index (χ3n) is 4.00. The smallest absolute Gasteiger partial charge is 0.217 e. The molecule has 3 aliphatic rings. The van der Waals surface area contributed by atoms with Gasteiger partial charge >= 0.3 is 0 Å². The van der Waals surface area contributed by atoms with Crippen LogP contribution in [0.1, 0.15) is 25.7 Å². The van der Waals surface area contributed by atoms with Crippen LogP contribution in [-0.4, -0.2) is 48.5 Å². The van der Waals surface area contributed by atoms with Crippen LogP contribution in [0.3, 0.4) is 0 Å². The van der Waals surface area contributed by atoms with Gasteiger partial charge in [-0.15, -0.1) is 0 Å². The molecule has 0 aromatic carbocycles. The van der Waals surface area contributed by atoms with E-state index in [0.29, 0.717) is 19.6 Å². The topological polar surface area (TPSA) is 52.3 Å². The van der Waals surface area contributed by atoms with Gasteiger partial charge in [0.05, 0.1) is 18.8 Å². The van der Waals surface area contributed by atoms with E-state index in [2.05, 4.69) is 4.85 Å². The Balaban J connectivity index is 1.70. The van der Waals surface area contributed by atoms with Crippen molar-refractivity contribution in [1.82, 2.24) is 0 Å². The van der Waals surface area contributed by atoms with Crippen LogP contribution in [0.4, 0.5) is 0 Å². The quantitative estimate of drug-likeness (QED) is 0.721. The maximum atomic E-state index is 9.60. The maximum Gasteiger partial charge on any atom is 0.217 e. The van der Waals surface area contributed by atoms with Gasteiger partial charge in [-0.25, -0.2) is 6.57 Å². The van der Waals surface area contributed by atoms with Crippen molar-refractivity contribution in [2.24, 2.45) is 0 Å². The minimum absolute atomic E-state index is 0.0499. The van der Waals surface area contributed by atoms with E-state index in [9.17, 15) is 5.11 Å². The summed E-state index contributed by atoms with van der Waals surface area (Å²) in [6, 6.07) is 0. The molecule has 3 aliphatic heterocycles. The second-order valence-electron chi connectivity index (χ2n) is 5.12.